The number of oxime groups is 1. The Balaban J connectivity index is 3.00. The van der Waals surface area contributed by atoms with Crippen LogP contribution in [-0.2, 0) is 4.79 Å². The van der Waals surface area contributed by atoms with E-state index in [2.05, 4.69) is 5.16 Å². The summed E-state index contributed by atoms with van der Waals surface area (Å²) >= 11 is 0. The van der Waals surface area contributed by atoms with Crippen LogP contribution in [0.5, 0.6) is 0 Å². The third-order valence-corrected chi connectivity index (χ3v) is 1.73. The summed E-state index contributed by atoms with van der Waals surface area (Å²) in [6.07, 6.45) is 0.342. The summed E-state index contributed by atoms with van der Waals surface area (Å²) < 4.78 is 0. The molecule has 0 spiro atoms. The molecule has 1 aromatic rings. The van der Waals surface area contributed by atoms with E-state index in [0.717, 1.165) is 0 Å². The fraction of sp³-hybridized carbons (Fsp3) is 0.200. The lowest BCUT2D eigenvalue weighted by atomic mass is 10.1. The molecule has 0 aliphatic rings. The highest BCUT2D eigenvalue weighted by Crippen LogP contribution is 2.03. The Morgan fingerprint density at radius 3 is 2.46 bits per heavy atom. The van der Waals surface area contributed by atoms with E-state index < -0.39 is 0 Å². The fourth-order valence-corrected chi connectivity index (χ4v) is 1.04. The van der Waals surface area contributed by atoms with E-state index in [9.17, 15) is 4.79 Å². The third kappa shape index (κ3) is 2.15. The van der Waals surface area contributed by atoms with Gasteiger partial charge in [0.1, 0.15) is 0 Å². The third-order valence-electron chi connectivity index (χ3n) is 1.73. The van der Waals surface area contributed by atoms with Gasteiger partial charge in [0.25, 0.3) is 0 Å². The highest BCUT2D eigenvalue weighted by molar-refractivity contribution is 6.45. The number of nitrogens with zero attached hydrogens (tertiary/aromatic N) is 1. The van der Waals surface area contributed by atoms with Crippen molar-refractivity contribution in [1.82, 2.24) is 0 Å². The SMILES string of the molecule is CCC(=O)/C(=N/O)c1ccccc1. The highest BCUT2D eigenvalue weighted by Gasteiger charge is 2.11. The molecule has 0 radical (unpaired) electrons. The smallest absolute Gasteiger partial charge is 0.184 e. The van der Waals surface area contributed by atoms with Crippen molar-refractivity contribution in [1.29, 1.82) is 0 Å². The van der Waals surface area contributed by atoms with Crippen molar-refractivity contribution in [3.05, 3.63) is 35.9 Å². The Bertz CT molecular complexity index is 317. The number of carbonyl (C=O) groups is 1. The van der Waals surface area contributed by atoms with E-state index in [4.69, 9.17) is 5.21 Å². The maximum absolute atomic E-state index is 11.3. The van der Waals surface area contributed by atoms with Crippen molar-refractivity contribution in [2.45, 2.75) is 13.3 Å². The zero-order valence-electron chi connectivity index (χ0n) is 7.40. The normalized spacial score (nSPS) is 11.3. The summed E-state index contributed by atoms with van der Waals surface area (Å²) in [6, 6.07) is 8.91. The average Bonchev–Trinajstić information content (AvgIpc) is 2.20. The molecule has 1 aromatic carbocycles. The number of hydrogen-bond acceptors (Lipinski definition) is 3. The van der Waals surface area contributed by atoms with Crippen LogP contribution < -0.4 is 0 Å². The van der Waals surface area contributed by atoms with Gasteiger partial charge in [-0.1, -0.05) is 42.4 Å². The van der Waals surface area contributed by atoms with Gasteiger partial charge in [0, 0.05) is 12.0 Å². The maximum Gasteiger partial charge on any atom is 0.184 e. The summed E-state index contributed by atoms with van der Waals surface area (Å²) in [6.45, 7) is 1.73. The predicted octanol–water partition coefficient (Wildman–Crippen LogP) is 1.84. The van der Waals surface area contributed by atoms with Crippen LogP contribution in [0.25, 0.3) is 0 Å². The molecule has 3 nitrogen and oxygen atoms in total. The molecule has 13 heavy (non-hydrogen) atoms. The molecule has 68 valence electrons. The van der Waals surface area contributed by atoms with E-state index in [1.807, 2.05) is 6.07 Å². The molecule has 1 rings (SSSR count). The molecule has 0 aliphatic carbocycles. The fourth-order valence-electron chi connectivity index (χ4n) is 1.04. The van der Waals surface area contributed by atoms with Crippen molar-refractivity contribution < 1.29 is 10.0 Å². The summed E-state index contributed by atoms with van der Waals surface area (Å²) in [5.41, 5.74) is 0.778. The number of ketones is 1. The summed E-state index contributed by atoms with van der Waals surface area (Å²) in [7, 11) is 0. The van der Waals surface area contributed by atoms with E-state index in [1.54, 1.807) is 31.2 Å². The second kappa shape index (κ2) is 4.40. The molecule has 0 bridgehead atoms. The molecule has 1 N–H and O–H groups in total. The van der Waals surface area contributed by atoms with Crippen molar-refractivity contribution in [2.75, 3.05) is 0 Å². The van der Waals surface area contributed by atoms with Crippen LogP contribution in [0.4, 0.5) is 0 Å². The molecular weight excluding hydrogens is 166 g/mol. The lowest BCUT2D eigenvalue weighted by molar-refractivity contribution is -0.112. The monoisotopic (exact) mass is 177 g/mol. The van der Waals surface area contributed by atoms with Crippen LogP contribution in [0.1, 0.15) is 18.9 Å². The molecule has 0 heterocycles. The van der Waals surface area contributed by atoms with Gasteiger partial charge in [-0.25, -0.2) is 0 Å². The molecule has 0 saturated carbocycles. The standard InChI is InChI=1S/C10H11NO2/c1-2-9(12)10(11-13)8-6-4-3-5-7-8/h3-7,13H,2H2,1H3/b11-10+. The summed E-state index contributed by atoms with van der Waals surface area (Å²) in [4.78, 5) is 11.3. The van der Waals surface area contributed by atoms with Gasteiger partial charge in [-0.3, -0.25) is 4.79 Å². The zero-order chi connectivity index (χ0) is 9.68. The molecule has 3 heteroatoms. The van der Waals surface area contributed by atoms with Crippen molar-refractivity contribution in [3.63, 3.8) is 0 Å². The van der Waals surface area contributed by atoms with Gasteiger partial charge in [0.15, 0.2) is 11.5 Å². The van der Waals surface area contributed by atoms with E-state index >= 15 is 0 Å². The number of benzene rings is 1. The van der Waals surface area contributed by atoms with E-state index in [-0.39, 0.29) is 11.5 Å². The molecule has 0 amide bonds. The molecule has 0 aliphatic heterocycles. The topological polar surface area (TPSA) is 49.7 Å². The molecule has 0 unspecified atom stereocenters. The minimum Gasteiger partial charge on any atom is -0.410 e. The van der Waals surface area contributed by atoms with Crippen LogP contribution in [-0.4, -0.2) is 16.7 Å². The van der Waals surface area contributed by atoms with Crippen molar-refractivity contribution in [3.8, 4) is 0 Å². The van der Waals surface area contributed by atoms with Gasteiger partial charge < -0.3 is 5.21 Å². The molecule has 0 saturated heterocycles. The van der Waals surface area contributed by atoms with E-state index in [0.29, 0.717) is 12.0 Å². The Hall–Kier alpha value is -1.64. The average molecular weight is 177 g/mol. The van der Waals surface area contributed by atoms with Crippen LogP contribution in [0.3, 0.4) is 0 Å². The van der Waals surface area contributed by atoms with Gasteiger partial charge in [0.2, 0.25) is 0 Å². The van der Waals surface area contributed by atoms with Gasteiger partial charge in [-0.05, 0) is 0 Å². The predicted molar refractivity (Wildman–Crippen MR) is 50.1 cm³/mol. The summed E-state index contributed by atoms with van der Waals surface area (Å²) in [5, 5.41) is 11.6. The Morgan fingerprint density at radius 2 is 2.00 bits per heavy atom. The summed E-state index contributed by atoms with van der Waals surface area (Å²) in [5.74, 6) is -0.159. The number of hydrogen-bond donors (Lipinski definition) is 1. The van der Waals surface area contributed by atoms with Gasteiger partial charge >= 0.3 is 0 Å². The first kappa shape index (κ1) is 9.45. The Morgan fingerprint density at radius 1 is 1.38 bits per heavy atom. The molecule has 0 aromatic heterocycles. The van der Waals surface area contributed by atoms with E-state index in [1.165, 1.54) is 0 Å². The Kier molecular flexibility index (Phi) is 3.20. The first-order valence-electron chi connectivity index (χ1n) is 4.10. The number of rotatable bonds is 3. The second-order valence-electron chi connectivity index (χ2n) is 2.59. The first-order chi connectivity index (χ1) is 6.29. The van der Waals surface area contributed by atoms with Gasteiger partial charge in [-0.15, -0.1) is 0 Å². The number of Topliss-reactive ketones (excluding diaryl/α,β-unsaturated/α-hetero) is 1. The van der Waals surface area contributed by atoms with Crippen LogP contribution in [0, 0.1) is 0 Å². The minimum absolute atomic E-state index is 0.128. The minimum atomic E-state index is -0.159. The quantitative estimate of drug-likeness (QED) is 0.435. The lowest BCUT2D eigenvalue weighted by Crippen LogP contribution is -2.14. The zero-order valence-corrected chi connectivity index (χ0v) is 7.40. The highest BCUT2D eigenvalue weighted by atomic mass is 16.4. The Labute approximate surface area is 76.7 Å². The van der Waals surface area contributed by atoms with Gasteiger partial charge in [0.05, 0.1) is 0 Å². The molecule has 0 fully saturated rings. The number of carbonyl (C=O) groups excluding carboxylic acids is 1. The first-order valence-corrected chi connectivity index (χ1v) is 4.10. The van der Waals surface area contributed by atoms with Crippen molar-refractivity contribution in [2.24, 2.45) is 5.16 Å². The molecular formula is C10H11NO2. The van der Waals surface area contributed by atoms with Crippen LogP contribution in [0.15, 0.2) is 35.5 Å². The second-order valence-corrected chi connectivity index (χ2v) is 2.59. The van der Waals surface area contributed by atoms with Crippen molar-refractivity contribution >= 4 is 11.5 Å². The van der Waals surface area contributed by atoms with Gasteiger partial charge in [-0.2, -0.15) is 0 Å². The lowest BCUT2D eigenvalue weighted by Gasteiger charge is -2.00. The van der Waals surface area contributed by atoms with Crippen LogP contribution >= 0.6 is 0 Å². The largest absolute Gasteiger partial charge is 0.410 e. The molecule has 0 atom stereocenters. The maximum atomic E-state index is 11.3. The van der Waals surface area contributed by atoms with Crippen LogP contribution in [0.2, 0.25) is 0 Å².